The number of carbonyl (C=O) groups excluding carboxylic acids is 2. The van der Waals surface area contributed by atoms with Crippen molar-refractivity contribution in [1.29, 1.82) is 0 Å². The number of methoxy groups -OCH3 is 1. The Hall–Kier alpha value is -3.07. The van der Waals surface area contributed by atoms with Crippen LogP contribution < -0.4 is 0 Å². The number of rotatable bonds is 7. The third-order valence-corrected chi connectivity index (χ3v) is 4.34. The van der Waals surface area contributed by atoms with E-state index in [1.54, 1.807) is 25.4 Å². The van der Waals surface area contributed by atoms with Crippen LogP contribution in [-0.2, 0) is 16.0 Å². The van der Waals surface area contributed by atoms with E-state index in [4.69, 9.17) is 9.47 Å². The summed E-state index contributed by atoms with van der Waals surface area (Å²) in [6, 6.07) is 3.54. The molecule has 9 heteroatoms. The molecule has 3 rings (SSSR count). The molecule has 0 fully saturated rings. The molecular formula is C18H21N5O4. The third kappa shape index (κ3) is 3.72. The minimum absolute atomic E-state index is 0.129. The van der Waals surface area contributed by atoms with Crippen molar-refractivity contribution in [3.8, 4) is 0 Å². The van der Waals surface area contributed by atoms with Gasteiger partial charge in [-0.3, -0.25) is 4.79 Å². The summed E-state index contributed by atoms with van der Waals surface area (Å²) in [5, 5.41) is 4.07. The number of fused-ring (bicyclic) bond motifs is 1. The van der Waals surface area contributed by atoms with Crippen molar-refractivity contribution >= 4 is 17.5 Å². The van der Waals surface area contributed by atoms with Crippen molar-refractivity contribution in [1.82, 2.24) is 24.1 Å². The van der Waals surface area contributed by atoms with E-state index in [0.29, 0.717) is 24.5 Å². The lowest BCUT2D eigenvalue weighted by Gasteiger charge is -2.08. The first-order chi connectivity index (χ1) is 12.9. The summed E-state index contributed by atoms with van der Waals surface area (Å²) in [5.41, 5.74) is 3.07. The Balaban J connectivity index is 1.69. The quantitative estimate of drug-likeness (QED) is 0.459. The van der Waals surface area contributed by atoms with Gasteiger partial charge in [0.2, 0.25) is 5.78 Å². The van der Waals surface area contributed by atoms with Gasteiger partial charge in [-0.2, -0.15) is 4.98 Å². The number of aromatic nitrogens is 5. The van der Waals surface area contributed by atoms with Crippen LogP contribution in [0.25, 0.3) is 5.78 Å². The Morgan fingerprint density at radius 1 is 1.19 bits per heavy atom. The second kappa shape index (κ2) is 7.67. The molecule has 3 aromatic heterocycles. The maximum Gasteiger partial charge on any atom is 0.378 e. The van der Waals surface area contributed by atoms with Crippen molar-refractivity contribution < 1.29 is 19.1 Å². The molecule has 0 amide bonds. The van der Waals surface area contributed by atoms with Gasteiger partial charge in [0.05, 0.1) is 6.61 Å². The minimum Gasteiger partial charge on any atom is -0.451 e. The predicted octanol–water partition coefficient (Wildman–Crippen LogP) is 1.54. The van der Waals surface area contributed by atoms with Crippen LogP contribution in [0.4, 0.5) is 0 Å². The van der Waals surface area contributed by atoms with Gasteiger partial charge in [0, 0.05) is 42.5 Å². The van der Waals surface area contributed by atoms with Gasteiger partial charge in [-0.15, -0.1) is 5.10 Å². The van der Waals surface area contributed by atoms with E-state index in [1.165, 1.54) is 4.52 Å². The smallest absolute Gasteiger partial charge is 0.378 e. The summed E-state index contributed by atoms with van der Waals surface area (Å²) in [5.74, 6) is -0.871. The number of ether oxygens (including phenoxy) is 2. The number of aryl methyl sites for hydroxylation is 2. The zero-order chi connectivity index (χ0) is 19.6. The Bertz CT molecular complexity index is 1000. The van der Waals surface area contributed by atoms with Crippen molar-refractivity contribution in [2.75, 3.05) is 20.3 Å². The van der Waals surface area contributed by atoms with Crippen LogP contribution >= 0.6 is 0 Å². The number of nitrogens with zero attached hydrogens (tertiary/aromatic N) is 5. The normalized spacial score (nSPS) is 11.1. The summed E-state index contributed by atoms with van der Waals surface area (Å²) in [6.07, 6.45) is 1.58. The first-order valence-corrected chi connectivity index (χ1v) is 8.46. The van der Waals surface area contributed by atoms with E-state index in [-0.39, 0.29) is 18.2 Å². The maximum atomic E-state index is 12.5. The first kappa shape index (κ1) is 18.7. The van der Waals surface area contributed by atoms with E-state index in [9.17, 15) is 9.59 Å². The van der Waals surface area contributed by atoms with Crippen molar-refractivity contribution in [3.05, 3.63) is 46.8 Å². The molecule has 0 radical (unpaired) electrons. The van der Waals surface area contributed by atoms with Gasteiger partial charge in [0.25, 0.3) is 11.6 Å². The second-order valence-electron chi connectivity index (χ2n) is 6.16. The predicted molar refractivity (Wildman–Crippen MR) is 95.9 cm³/mol. The zero-order valence-electron chi connectivity index (χ0n) is 15.7. The summed E-state index contributed by atoms with van der Waals surface area (Å²) < 4.78 is 13.6. The SMILES string of the molecule is COCCn1c(C)cc(C(=O)COC(=O)c2nc3nccc(C)n3n2)c1C. The molecule has 0 saturated heterocycles. The third-order valence-electron chi connectivity index (χ3n) is 4.34. The average molecular weight is 371 g/mol. The van der Waals surface area contributed by atoms with E-state index < -0.39 is 5.97 Å². The summed E-state index contributed by atoms with van der Waals surface area (Å²) in [4.78, 5) is 32.8. The van der Waals surface area contributed by atoms with Gasteiger partial charge in [-0.25, -0.2) is 14.3 Å². The second-order valence-corrected chi connectivity index (χ2v) is 6.16. The molecule has 0 unspecified atom stereocenters. The Morgan fingerprint density at radius 3 is 2.67 bits per heavy atom. The monoisotopic (exact) mass is 371 g/mol. The summed E-state index contributed by atoms with van der Waals surface area (Å²) >= 11 is 0. The first-order valence-electron chi connectivity index (χ1n) is 8.46. The highest BCUT2D eigenvalue weighted by Gasteiger charge is 2.20. The molecule has 0 N–H and O–H groups in total. The Morgan fingerprint density at radius 2 is 1.96 bits per heavy atom. The fourth-order valence-electron chi connectivity index (χ4n) is 2.88. The zero-order valence-corrected chi connectivity index (χ0v) is 15.7. The molecule has 0 aliphatic rings. The van der Waals surface area contributed by atoms with Gasteiger partial charge in [-0.1, -0.05) is 0 Å². The van der Waals surface area contributed by atoms with Crippen LogP contribution in [0.15, 0.2) is 18.3 Å². The number of hydrogen-bond donors (Lipinski definition) is 0. The lowest BCUT2D eigenvalue weighted by molar-refractivity contribution is 0.0462. The molecule has 0 aliphatic carbocycles. The van der Waals surface area contributed by atoms with Crippen LogP contribution in [0, 0.1) is 20.8 Å². The van der Waals surface area contributed by atoms with Gasteiger partial charge < -0.3 is 14.0 Å². The highest BCUT2D eigenvalue weighted by molar-refractivity contribution is 6.00. The van der Waals surface area contributed by atoms with Crippen LogP contribution in [0.3, 0.4) is 0 Å². The largest absolute Gasteiger partial charge is 0.451 e. The summed E-state index contributed by atoms with van der Waals surface area (Å²) in [7, 11) is 1.63. The van der Waals surface area contributed by atoms with Crippen molar-refractivity contribution in [2.24, 2.45) is 0 Å². The lowest BCUT2D eigenvalue weighted by Crippen LogP contribution is -2.16. The van der Waals surface area contributed by atoms with Crippen LogP contribution in [0.5, 0.6) is 0 Å². The molecule has 0 spiro atoms. The topological polar surface area (TPSA) is 101 Å². The lowest BCUT2D eigenvalue weighted by atomic mass is 10.1. The highest BCUT2D eigenvalue weighted by atomic mass is 16.5. The van der Waals surface area contributed by atoms with E-state index >= 15 is 0 Å². The van der Waals surface area contributed by atoms with Crippen LogP contribution in [0.1, 0.15) is 38.1 Å². The molecular weight excluding hydrogens is 350 g/mol. The Labute approximate surface area is 155 Å². The van der Waals surface area contributed by atoms with Crippen molar-refractivity contribution in [2.45, 2.75) is 27.3 Å². The maximum absolute atomic E-state index is 12.5. The molecule has 0 aromatic carbocycles. The van der Waals surface area contributed by atoms with E-state index in [0.717, 1.165) is 17.1 Å². The summed E-state index contributed by atoms with van der Waals surface area (Å²) in [6.45, 7) is 6.42. The fourth-order valence-corrected chi connectivity index (χ4v) is 2.88. The molecule has 3 heterocycles. The van der Waals surface area contributed by atoms with Crippen LogP contribution in [0.2, 0.25) is 0 Å². The molecule has 0 atom stereocenters. The Kier molecular flexibility index (Phi) is 5.31. The number of carbonyl (C=O) groups is 2. The number of hydrogen-bond acceptors (Lipinski definition) is 7. The number of esters is 1. The standard InChI is InChI=1S/C18H21N5O4/c1-11-5-6-19-18-20-16(21-23(11)18)17(25)27-10-15(24)14-9-12(2)22(13(14)3)7-8-26-4/h5-6,9H,7-8,10H2,1-4H3. The number of Topliss-reactive ketones (excluding diaryl/α,β-unsaturated/α-hetero) is 1. The van der Waals surface area contributed by atoms with Gasteiger partial charge in [0.15, 0.2) is 6.61 Å². The van der Waals surface area contributed by atoms with Crippen molar-refractivity contribution in [3.63, 3.8) is 0 Å². The highest BCUT2D eigenvalue weighted by Crippen LogP contribution is 2.16. The van der Waals surface area contributed by atoms with Crippen LogP contribution in [-0.4, -0.2) is 56.2 Å². The molecule has 0 aliphatic heterocycles. The number of ketones is 1. The molecule has 0 saturated carbocycles. The molecule has 27 heavy (non-hydrogen) atoms. The van der Waals surface area contributed by atoms with E-state index in [1.807, 2.05) is 25.3 Å². The van der Waals surface area contributed by atoms with Gasteiger partial charge >= 0.3 is 5.97 Å². The average Bonchev–Trinajstić information content (AvgIpc) is 3.20. The van der Waals surface area contributed by atoms with E-state index in [2.05, 4.69) is 15.1 Å². The molecule has 0 bridgehead atoms. The molecule has 142 valence electrons. The molecule has 9 nitrogen and oxygen atoms in total. The minimum atomic E-state index is -0.763. The fraction of sp³-hybridized carbons (Fsp3) is 0.389. The van der Waals surface area contributed by atoms with Gasteiger partial charge in [-0.05, 0) is 32.9 Å². The van der Waals surface area contributed by atoms with Gasteiger partial charge in [0.1, 0.15) is 0 Å². The molecule has 3 aromatic rings.